The van der Waals surface area contributed by atoms with Gasteiger partial charge < -0.3 is 9.64 Å². The number of amides is 1. The fourth-order valence-corrected chi connectivity index (χ4v) is 3.18. The minimum absolute atomic E-state index is 0.0880. The Morgan fingerprint density at radius 3 is 2.88 bits per heavy atom. The van der Waals surface area contributed by atoms with Gasteiger partial charge in [-0.25, -0.2) is 0 Å². The lowest BCUT2D eigenvalue weighted by Gasteiger charge is -2.16. The quantitative estimate of drug-likeness (QED) is 0.652. The van der Waals surface area contributed by atoms with Gasteiger partial charge in [-0.15, -0.1) is 11.3 Å². The van der Waals surface area contributed by atoms with E-state index in [4.69, 9.17) is 4.74 Å². The average molecular weight is 355 g/mol. The van der Waals surface area contributed by atoms with E-state index in [1.807, 2.05) is 48.7 Å². The van der Waals surface area contributed by atoms with Crippen molar-refractivity contribution >= 4 is 17.2 Å². The van der Waals surface area contributed by atoms with Gasteiger partial charge in [-0.05, 0) is 42.5 Å². The molecule has 3 rings (SSSR count). The fraction of sp³-hybridized carbons (Fsp3) is 0.263. The van der Waals surface area contributed by atoms with Crippen LogP contribution in [0.3, 0.4) is 0 Å². The standard InChI is InChI=1S/C19H21N3O2S/c1-14-7-3-4-8-17(14)24-11-6-10-22(2)19(23)16-13-15(20-21-16)18-9-5-12-25-18/h3-5,7-9,12-13H,6,10-11H2,1-2H3,(H,20,21). The number of ether oxygens (including phenoxy) is 1. The van der Waals surface area contributed by atoms with Gasteiger partial charge in [-0.2, -0.15) is 5.10 Å². The monoisotopic (exact) mass is 355 g/mol. The topological polar surface area (TPSA) is 58.2 Å². The molecule has 0 unspecified atom stereocenters. The third-order valence-corrected chi connectivity index (χ3v) is 4.82. The van der Waals surface area contributed by atoms with Gasteiger partial charge in [0, 0.05) is 13.6 Å². The SMILES string of the molecule is Cc1ccccc1OCCCN(C)C(=O)c1cc(-c2cccs2)[nH]n1. The van der Waals surface area contributed by atoms with E-state index in [0.717, 1.165) is 28.3 Å². The van der Waals surface area contributed by atoms with Crippen molar-refractivity contribution in [1.82, 2.24) is 15.1 Å². The molecule has 0 bridgehead atoms. The van der Waals surface area contributed by atoms with Gasteiger partial charge in [0.05, 0.1) is 17.2 Å². The first-order valence-corrected chi connectivity index (χ1v) is 9.06. The maximum Gasteiger partial charge on any atom is 0.274 e. The molecule has 0 saturated carbocycles. The van der Waals surface area contributed by atoms with Gasteiger partial charge in [0.2, 0.25) is 0 Å². The lowest BCUT2D eigenvalue weighted by atomic mass is 10.2. The molecule has 0 fully saturated rings. The minimum Gasteiger partial charge on any atom is -0.493 e. The van der Waals surface area contributed by atoms with Crippen molar-refractivity contribution in [2.45, 2.75) is 13.3 Å². The van der Waals surface area contributed by atoms with Crippen LogP contribution < -0.4 is 4.74 Å². The van der Waals surface area contributed by atoms with Crippen LogP contribution in [0.2, 0.25) is 0 Å². The molecule has 0 atom stereocenters. The van der Waals surface area contributed by atoms with Crippen molar-refractivity contribution in [2.75, 3.05) is 20.2 Å². The number of H-pyrrole nitrogens is 1. The van der Waals surface area contributed by atoms with Crippen LogP contribution in [0.25, 0.3) is 10.6 Å². The van der Waals surface area contributed by atoms with E-state index in [0.29, 0.717) is 18.8 Å². The second kappa shape index (κ2) is 7.98. The Hall–Kier alpha value is -2.60. The molecule has 0 aliphatic heterocycles. The number of hydrogen-bond donors (Lipinski definition) is 1. The van der Waals surface area contributed by atoms with E-state index in [-0.39, 0.29) is 5.91 Å². The highest BCUT2D eigenvalue weighted by Gasteiger charge is 2.16. The zero-order valence-corrected chi connectivity index (χ0v) is 15.2. The number of nitrogens with one attached hydrogen (secondary N) is 1. The predicted molar refractivity (Wildman–Crippen MR) is 100 cm³/mol. The number of benzene rings is 1. The number of thiophene rings is 1. The summed E-state index contributed by atoms with van der Waals surface area (Å²) in [7, 11) is 1.79. The number of para-hydroxylation sites is 1. The number of aromatic nitrogens is 2. The number of rotatable bonds is 7. The van der Waals surface area contributed by atoms with Crippen molar-refractivity contribution < 1.29 is 9.53 Å². The molecule has 25 heavy (non-hydrogen) atoms. The number of aryl methyl sites for hydroxylation is 1. The number of aromatic amines is 1. The third kappa shape index (κ3) is 4.28. The molecule has 1 N–H and O–H groups in total. The van der Waals surface area contributed by atoms with Crippen LogP contribution in [0, 0.1) is 6.92 Å². The van der Waals surface area contributed by atoms with Crippen LogP contribution in [0.4, 0.5) is 0 Å². The molecular weight excluding hydrogens is 334 g/mol. The summed E-state index contributed by atoms with van der Waals surface area (Å²) < 4.78 is 5.77. The van der Waals surface area contributed by atoms with Crippen LogP contribution in [0.1, 0.15) is 22.5 Å². The molecule has 2 heterocycles. The number of nitrogens with zero attached hydrogens (tertiary/aromatic N) is 2. The van der Waals surface area contributed by atoms with E-state index < -0.39 is 0 Å². The maximum atomic E-state index is 12.5. The molecule has 130 valence electrons. The average Bonchev–Trinajstić information content (AvgIpc) is 3.30. The first-order valence-electron chi connectivity index (χ1n) is 8.18. The van der Waals surface area contributed by atoms with Crippen molar-refractivity contribution in [3.63, 3.8) is 0 Å². The highest BCUT2D eigenvalue weighted by molar-refractivity contribution is 7.13. The Labute approximate surface area is 151 Å². The van der Waals surface area contributed by atoms with E-state index in [9.17, 15) is 4.79 Å². The van der Waals surface area contributed by atoms with Gasteiger partial charge >= 0.3 is 0 Å². The smallest absolute Gasteiger partial charge is 0.274 e. The second-order valence-electron chi connectivity index (χ2n) is 5.84. The number of hydrogen-bond acceptors (Lipinski definition) is 4. The molecule has 0 saturated heterocycles. The second-order valence-corrected chi connectivity index (χ2v) is 6.79. The molecule has 0 spiro atoms. The number of carbonyl (C=O) groups is 1. The molecule has 6 heteroatoms. The molecule has 1 aromatic carbocycles. The van der Waals surface area contributed by atoms with E-state index in [1.54, 1.807) is 29.4 Å². The molecule has 0 aliphatic carbocycles. The zero-order valence-electron chi connectivity index (χ0n) is 14.4. The summed E-state index contributed by atoms with van der Waals surface area (Å²) in [5.41, 5.74) is 2.42. The Kier molecular flexibility index (Phi) is 5.50. The molecule has 5 nitrogen and oxygen atoms in total. The van der Waals surface area contributed by atoms with Gasteiger partial charge in [-0.3, -0.25) is 9.89 Å². The molecule has 0 radical (unpaired) electrons. The van der Waals surface area contributed by atoms with Crippen LogP contribution in [-0.4, -0.2) is 41.2 Å². The molecular formula is C19H21N3O2S. The molecule has 3 aromatic rings. The first-order chi connectivity index (χ1) is 12.1. The largest absolute Gasteiger partial charge is 0.493 e. The molecule has 0 aliphatic rings. The molecule has 2 aromatic heterocycles. The summed E-state index contributed by atoms with van der Waals surface area (Å²) in [4.78, 5) is 15.2. The Morgan fingerprint density at radius 1 is 1.28 bits per heavy atom. The summed E-state index contributed by atoms with van der Waals surface area (Å²) in [5, 5.41) is 9.07. The van der Waals surface area contributed by atoms with Crippen LogP contribution in [0.15, 0.2) is 47.8 Å². The Bertz CT molecular complexity index is 827. The molecule has 1 amide bonds. The van der Waals surface area contributed by atoms with Crippen LogP contribution in [-0.2, 0) is 0 Å². The minimum atomic E-state index is -0.0880. The van der Waals surface area contributed by atoms with Gasteiger partial charge in [0.25, 0.3) is 5.91 Å². The Balaban J connectivity index is 1.49. The Morgan fingerprint density at radius 2 is 2.12 bits per heavy atom. The lowest BCUT2D eigenvalue weighted by Crippen LogP contribution is -2.29. The van der Waals surface area contributed by atoms with Crippen molar-refractivity contribution in [3.05, 3.63) is 59.1 Å². The summed E-state index contributed by atoms with van der Waals surface area (Å²) in [6.45, 7) is 3.21. The zero-order chi connectivity index (χ0) is 17.6. The summed E-state index contributed by atoms with van der Waals surface area (Å²) >= 11 is 1.61. The third-order valence-electron chi connectivity index (χ3n) is 3.92. The van der Waals surface area contributed by atoms with E-state index >= 15 is 0 Å². The van der Waals surface area contributed by atoms with Crippen molar-refractivity contribution in [1.29, 1.82) is 0 Å². The summed E-state index contributed by atoms with van der Waals surface area (Å²) in [6, 6.07) is 13.7. The highest BCUT2D eigenvalue weighted by Crippen LogP contribution is 2.23. The lowest BCUT2D eigenvalue weighted by molar-refractivity contribution is 0.0782. The normalized spacial score (nSPS) is 10.6. The van der Waals surface area contributed by atoms with Gasteiger partial charge in [0.1, 0.15) is 5.75 Å². The van der Waals surface area contributed by atoms with Crippen molar-refractivity contribution in [3.8, 4) is 16.3 Å². The first kappa shape index (κ1) is 17.2. The van der Waals surface area contributed by atoms with Crippen LogP contribution in [0.5, 0.6) is 5.75 Å². The maximum absolute atomic E-state index is 12.5. The van der Waals surface area contributed by atoms with Crippen LogP contribution >= 0.6 is 11.3 Å². The highest BCUT2D eigenvalue weighted by atomic mass is 32.1. The summed E-state index contributed by atoms with van der Waals surface area (Å²) in [5.74, 6) is 0.805. The van der Waals surface area contributed by atoms with Crippen molar-refractivity contribution in [2.24, 2.45) is 0 Å². The fourth-order valence-electron chi connectivity index (χ4n) is 2.49. The van der Waals surface area contributed by atoms with E-state index in [2.05, 4.69) is 10.2 Å². The van der Waals surface area contributed by atoms with Gasteiger partial charge in [0.15, 0.2) is 5.69 Å². The van der Waals surface area contributed by atoms with Gasteiger partial charge in [-0.1, -0.05) is 24.3 Å². The number of carbonyl (C=O) groups excluding carboxylic acids is 1. The van der Waals surface area contributed by atoms with E-state index in [1.165, 1.54) is 0 Å². The predicted octanol–water partition coefficient (Wildman–Crippen LogP) is 3.99. The summed E-state index contributed by atoms with van der Waals surface area (Å²) in [6.07, 6.45) is 0.763.